The summed E-state index contributed by atoms with van der Waals surface area (Å²) >= 11 is 6.04. The number of aromatic nitrogens is 2. The number of benzene rings is 1. The lowest BCUT2D eigenvalue weighted by Gasteiger charge is -2.12. The Labute approximate surface area is 124 Å². The Morgan fingerprint density at radius 3 is 2.45 bits per heavy atom. The van der Waals surface area contributed by atoms with Crippen LogP contribution in [0.2, 0.25) is 5.02 Å². The van der Waals surface area contributed by atoms with Gasteiger partial charge in [-0.1, -0.05) is 24.9 Å². The predicted molar refractivity (Wildman–Crippen MR) is 82.6 cm³/mol. The highest BCUT2D eigenvalue weighted by Crippen LogP contribution is 2.35. The number of halogens is 1. The van der Waals surface area contributed by atoms with Crippen LogP contribution >= 0.6 is 11.6 Å². The van der Waals surface area contributed by atoms with E-state index in [9.17, 15) is 0 Å². The SMILES string of the molecule is CCCc1nn(C)c(Oc2c(C)cc(Cl)cc2C)c1N. The molecule has 108 valence electrons. The number of rotatable bonds is 4. The van der Waals surface area contributed by atoms with Gasteiger partial charge in [0, 0.05) is 12.1 Å². The van der Waals surface area contributed by atoms with E-state index in [4.69, 9.17) is 22.1 Å². The molecule has 0 unspecified atom stereocenters. The van der Waals surface area contributed by atoms with Crippen molar-refractivity contribution in [1.29, 1.82) is 0 Å². The van der Waals surface area contributed by atoms with Crippen LogP contribution in [0.3, 0.4) is 0 Å². The lowest BCUT2D eigenvalue weighted by molar-refractivity contribution is 0.427. The average molecular weight is 294 g/mol. The first kappa shape index (κ1) is 14.7. The average Bonchev–Trinajstić information content (AvgIpc) is 2.61. The van der Waals surface area contributed by atoms with Gasteiger partial charge >= 0.3 is 0 Å². The van der Waals surface area contributed by atoms with Crippen molar-refractivity contribution in [3.8, 4) is 11.6 Å². The van der Waals surface area contributed by atoms with Crippen molar-refractivity contribution in [1.82, 2.24) is 9.78 Å². The van der Waals surface area contributed by atoms with Gasteiger partial charge in [0.25, 0.3) is 0 Å². The minimum Gasteiger partial charge on any atom is -0.437 e. The van der Waals surface area contributed by atoms with Crippen molar-refractivity contribution in [2.75, 3.05) is 5.73 Å². The number of nitrogens with zero attached hydrogens (tertiary/aromatic N) is 2. The Balaban J connectivity index is 2.40. The van der Waals surface area contributed by atoms with Crippen molar-refractivity contribution >= 4 is 17.3 Å². The number of ether oxygens (including phenoxy) is 1. The lowest BCUT2D eigenvalue weighted by Crippen LogP contribution is -1.99. The highest BCUT2D eigenvalue weighted by atomic mass is 35.5. The molecule has 0 amide bonds. The molecule has 0 fully saturated rings. The van der Waals surface area contributed by atoms with Crippen molar-refractivity contribution in [3.63, 3.8) is 0 Å². The third kappa shape index (κ3) is 2.75. The molecule has 2 N–H and O–H groups in total. The smallest absolute Gasteiger partial charge is 0.241 e. The summed E-state index contributed by atoms with van der Waals surface area (Å²) in [4.78, 5) is 0. The summed E-state index contributed by atoms with van der Waals surface area (Å²) in [5.41, 5.74) is 9.59. The molecule has 0 radical (unpaired) electrons. The maximum absolute atomic E-state index is 6.13. The largest absolute Gasteiger partial charge is 0.437 e. The van der Waals surface area contributed by atoms with Crippen LogP contribution in [0.5, 0.6) is 11.6 Å². The summed E-state index contributed by atoms with van der Waals surface area (Å²) in [6.07, 6.45) is 1.85. The molecular formula is C15H20ClN3O. The number of nitrogen functional groups attached to an aromatic ring is 1. The summed E-state index contributed by atoms with van der Waals surface area (Å²) in [5.74, 6) is 1.37. The third-order valence-electron chi connectivity index (χ3n) is 3.22. The maximum atomic E-state index is 6.13. The van der Waals surface area contributed by atoms with Gasteiger partial charge in [-0.2, -0.15) is 5.10 Å². The van der Waals surface area contributed by atoms with Crippen LogP contribution in [0.4, 0.5) is 5.69 Å². The van der Waals surface area contributed by atoms with Gasteiger partial charge in [0.1, 0.15) is 11.4 Å². The van der Waals surface area contributed by atoms with Gasteiger partial charge in [0.15, 0.2) is 0 Å². The quantitative estimate of drug-likeness (QED) is 0.926. The molecule has 5 heteroatoms. The summed E-state index contributed by atoms with van der Waals surface area (Å²) in [7, 11) is 1.84. The molecule has 1 aromatic carbocycles. The van der Waals surface area contributed by atoms with Gasteiger partial charge in [-0.05, 0) is 43.5 Å². The van der Waals surface area contributed by atoms with Gasteiger partial charge in [0.2, 0.25) is 5.88 Å². The zero-order valence-electron chi connectivity index (χ0n) is 12.3. The number of aryl methyl sites for hydroxylation is 4. The minimum atomic E-state index is 0.585. The zero-order valence-corrected chi connectivity index (χ0v) is 13.1. The first-order valence-corrected chi connectivity index (χ1v) is 7.07. The number of anilines is 1. The van der Waals surface area contributed by atoms with Gasteiger partial charge in [-0.3, -0.25) is 0 Å². The van der Waals surface area contributed by atoms with Crippen LogP contribution in [-0.4, -0.2) is 9.78 Å². The standard InChI is InChI=1S/C15H20ClN3O/c1-5-6-12-13(17)15(19(4)18-12)20-14-9(2)7-11(16)8-10(14)3/h7-8H,5-6,17H2,1-4H3. The van der Waals surface area contributed by atoms with Crippen molar-refractivity contribution in [2.45, 2.75) is 33.6 Å². The van der Waals surface area contributed by atoms with Crippen LogP contribution in [0.15, 0.2) is 12.1 Å². The summed E-state index contributed by atoms with van der Waals surface area (Å²) < 4.78 is 7.69. The molecule has 0 bridgehead atoms. The van der Waals surface area contributed by atoms with Crippen molar-refractivity contribution < 1.29 is 4.74 Å². The summed E-state index contributed by atoms with van der Waals surface area (Å²) in [5, 5.41) is 5.12. The summed E-state index contributed by atoms with van der Waals surface area (Å²) in [6.45, 7) is 6.03. The second-order valence-corrected chi connectivity index (χ2v) is 5.45. The molecule has 4 nitrogen and oxygen atoms in total. The van der Waals surface area contributed by atoms with E-state index >= 15 is 0 Å². The molecule has 0 saturated carbocycles. The molecule has 0 spiro atoms. The van der Waals surface area contributed by atoms with E-state index in [-0.39, 0.29) is 0 Å². The molecule has 0 aliphatic heterocycles. The first-order valence-electron chi connectivity index (χ1n) is 6.70. The van der Waals surface area contributed by atoms with E-state index in [0.717, 1.165) is 35.4 Å². The number of hydrogen-bond donors (Lipinski definition) is 1. The molecule has 1 aromatic heterocycles. The lowest BCUT2D eigenvalue weighted by atomic mass is 10.1. The Morgan fingerprint density at radius 1 is 1.30 bits per heavy atom. The van der Waals surface area contributed by atoms with Crippen LogP contribution in [-0.2, 0) is 13.5 Å². The Hall–Kier alpha value is -1.68. The van der Waals surface area contributed by atoms with Gasteiger partial charge in [-0.15, -0.1) is 0 Å². The Kier molecular flexibility index (Phi) is 4.23. The Bertz CT molecular complexity index is 611. The maximum Gasteiger partial charge on any atom is 0.241 e. The fraction of sp³-hybridized carbons (Fsp3) is 0.400. The molecule has 20 heavy (non-hydrogen) atoms. The van der Waals surface area contributed by atoms with Gasteiger partial charge in [0.05, 0.1) is 5.69 Å². The molecule has 2 rings (SSSR count). The molecule has 0 atom stereocenters. The minimum absolute atomic E-state index is 0.585. The van der Waals surface area contributed by atoms with E-state index in [0.29, 0.717) is 16.6 Å². The van der Waals surface area contributed by atoms with E-state index in [1.54, 1.807) is 4.68 Å². The monoisotopic (exact) mass is 293 g/mol. The van der Waals surface area contributed by atoms with E-state index in [1.807, 2.05) is 33.0 Å². The topological polar surface area (TPSA) is 53.1 Å². The van der Waals surface area contributed by atoms with Gasteiger partial charge < -0.3 is 10.5 Å². The fourth-order valence-electron chi connectivity index (χ4n) is 2.28. The van der Waals surface area contributed by atoms with Crippen LogP contribution < -0.4 is 10.5 Å². The molecule has 0 saturated heterocycles. The van der Waals surface area contributed by atoms with Crippen LogP contribution in [0, 0.1) is 13.8 Å². The fourth-order valence-corrected chi connectivity index (χ4v) is 2.60. The first-order chi connectivity index (χ1) is 9.43. The molecule has 2 aromatic rings. The summed E-state index contributed by atoms with van der Waals surface area (Å²) in [6, 6.07) is 3.76. The third-order valence-corrected chi connectivity index (χ3v) is 3.43. The highest BCUT2D eigenvalue weighted by Gasteiger charge is 2.17. The van der Waals surface area contributed by atoms with Crippen molar-refractivity contribution in [3.05, 3.63) is 34.0 Å². The number of nitrogens with two attached hydrogens (primary N) is 1. The zero-order chi connectivity index (χ0) is 14.9. The predicted octanol–water partition coefficient (Wildman–Crippen LogP) is 4.02. The van der Waals surface area contributed by atoms with E-state index < -0.39 is 0 Å². The van der Waals surface area contributed by atoms with Crippen LogP contribution in [0.25, 0.3) is 0 Å². The normalized spacial score (nSPS) is 10.8. The van der Waals surface area contributed by atoms with Crippen LogP contribution in [0.1, 0.15) is 30.2 Å². The molecule has 0 aliphatic carbocycles. The Morgan fingerprint density at radius 2 is 1.90 bits per heavy atom. The molecule has 0 aliphatic rings. The molecular weight excluding hydrogens is 274 g/mol. The second kappa shape index (κ2) is 5.75. The second-order valence-electron chi connectivity index (χ2n) is 5.01. The van der Waals surface area contributed by atoms with Gasteiger partial charge in [-0.25, -0.2) is 4.68 Å². The highest BCUT2D eigenvalue weighted by molar-refractivity contribution is 6.30. The van der Waals surface area contributed by atoms with E-state index in [1.165, 1.54) is 0 Å². The molecule has 1 heterocycles. The number of hydrogen-bond acceptors (Lipinski definition) is 3. The van der Waals surface area contributed by atoms with Crippen molar-refractivity contribution in [2.24, 2.45) is 7.05 Å². The van der Waals surface area contributed by atoms with E-state index in [2.05, 4.69) is 12.0 Å².